The van der Waals surface area contributed by atoms with Gasteiger partial charge in [0, 0.05) is 32.2 Å². The molecule has 8 heteroatoms. The van der Waals surface area contributed by atoms with E-state index in [0.29, 0.717) is 18.7 Å². The van der Waals surface area contributed by atoms with Crippen molar-refractivity contribution in [2.75, 3.05) is 19.6 Å². The summed E-state index contributed by atoms with van der Waals surface area (Å²) in [6, 6.07) is 12.8. The maximum Gasteiger partial charge on any atom is 0.416 e. The molecule has 0 aromatic heterocycles. The molecule has 0 spiro atoms. The molecule has 168 valence electrons. The number of nitrogens with one attached hydrogen (secondary N) is 2. The van der Waals surface area contributed by atoms with Crippen LogP contribution >= 0.6 is 0 Å². The SMILES string of the molecule is CCNC(=NCc1ccc(O)cc1)NC1CCN(Cc2cccc(C(F)(F)F)c2)CC1. The average molecular weight is 435 g/mol. The minimum Gasteiger partial charge on any atom is -0.508 e. The van der Waals surface area contributed by atoms with Gasteiger partial charge in [0.05, 0.1) is 12.1 Å². The Kier molecular flexibility index (Phi) is 7.79. The molecule has 2 aromatic rings. The molecular weight excluding hydrogens is 405 g/mol. The van der Waals surface area contributed by atoms with Crippen molar-refractivity contribution < 1.29 is 18.3 Å². The molecule has 2 aromatic carbocycles. The maximum absolute atomic E-state index is 12.9. The van der Waals surface area contributed by atoms with Crippen molar-refractivity contribution in [3.8, 4) is 5.75 Å². The van der Waals surface area contributed by atoms with Crippen LogP contribution in [0.1, 0.15) is 36.5 Å². The van der Waals surface area contributed by atoms with Crippen LogP contribution in [0, 0.1) is 0 Å². The molecule has 5 nitrogen and oxygen atoms in total. The van der Waals surface area contributed by atoms with Crippen LogP contribution in [0.15, 0.2) is 53.5 Å². The van der Waals surface area contributed by atoms with Gasteiger partial charge in [-0.1, -0.05) is 30.3 Å². The zero-order valence-electron chi connectivity index (χ0n) is 17.6. The standard InChI is InChI=1S/C23H29F3N4O/c1-2-27-22(28-15-17-6-8-21(31)9-7-17)29-20-10-12-30(13-11-20)16-18-4-3-5-19(14-18)23(24,25)26/h3-9,14,20,31H,2,10-13,15-16H2,1H3,(H2,27,28,29). The quantitative estimate of drug-likeness (QED) is 0.473. The Morgan fingerprint density at radius 1 is 1.10 bits per heavy atom. The number of piperidine rings is 1. The highest BCUT2D eigenvalue weighted by Crippen LogP contribution is 2.30. The van der Waals surface area contributed by atoms with E-state index < -0.39 is 11.7 Å². The Labute approximate surface area is 181 Å². The van der Waals surface area contributed by atoms with Crippen LogP contribution in [0.2, 0.25) is 0 Å². The van der Waals surface area contributed by atoms with E-state index in [1.54, 1.807) is 18.2 Å². The molecule has 0 radical (unpaired) electrons. The van der Waals surface area contributed by atoms with Crippen molar-refractivity contribution in [3.05, 3.63) is 65.2 Å². The van der Waals surface area contributed by atoms with Crippen LogP contribution in [0.25, 0.3) is 0 Å². The Morgan fingerprint density at radius 3 is 2.45 bits per heavy atom. The third kappa shape index (κ3) is 7.17. The van der Waals surface area contributed by atoms with E-state index in [1.807, 2.05) is 19.1 Å². The molecule has 0 bridgehead atoms. The zero-order chi connectivity index (χ0) is 22.3. The van der Waals surface area contributed by atoms with Crippen LogP contribution < -0.4 is 10.6 Å². The topological polar surface area (TPSA) is 59.9 Å². The lowest BCUT2D eigenvalue weighted by Gasteiger charge is -2.33. The van der Waals surface area contributed by atoms with E-state index in [9.17, 15) is 18.3 Å². The lowest BCUT2D eigenvalue weighted by atomic mass is 10.0. The fourth-order valence-electron chi connectivity index (χ4n) is 3.62. The Hall–Kier alpha value is -2.74. The summed E-state index contributed by atoms with van der Waals surface area (Å²) in [6.45, 7) is 5.40. The number of guanidine groups is 1. The normalized spacial score (nSPS) is 16.3. The Morgan fingerprint density at radius 2 is 1.81 bits per heavy atom. The van der Waals surface area contributed by atoms with Crippen molar-refractivity contribution >= 4 is 5.96 Å². The van der Waals surface area contributed by atoms with Gasteiger partial charge in [-0.25, -0.2) is 4.99 Å². The Bertz CT molecular complexity index is 860. The number of aliphatic imine (C=N–C) groups is 1. The van der Waals surface area contributed by atoms with E-state index in [4.69, 9.17) is 0 Å². The van der Waals surface area contributed by atoms with Crippen molar-refractivity contribution in [1.29, 1.82) is 0 Å². The fraction of sp³-hybridized carbons (Fsp3) is 0.435. The van der Waals surface area contributed by atoms with Gasteiger partial charge in [-0.05, 0) is 49.1 Å². The summed E-state index contributed by atoms with van der Waals surface area (Å²) in [5.74, 6) is 0.974. The molecule has 1 heterocycles. The van der Waals surface area contributed by atoms with Gasteiger partial charge in [0.1, 0.15) is 5.75 Å². The molecule has 0 saturated carbocycles. The van der Waals surface area contributed by atoms with Gasteiger partial charge >= 0.3 is 6.18 Å². The number of hydrogen-bond acceptors (Lipinski definition) is 3. The first-order chi connectivity index (χ1) is 14.8. The van der Waals surface area contributed by atoms with Crippen molar-refractivity contribution in [2.24, 2.45) is 4.99 Å². The fourth-order valence-corrected chi connectivity index (χ4v) is 3.62. The number of halogens is 3. The second-order valence-electron chi connectivity index (χ2n) is 7.75. The van der Waals surface area contributed by atoms with E-state index in [1.165, 1.54) is 12.1 Å². The van der Waals surface area contributed by atoms with Gasteiger partial charge < -0.3 is 15.7 Å². The largest absolute Gasteiger partial charge is 0.508 e. The summed E-state index contributed by atoms with van der Waals surface area (Å²) in [4.78, 5) is 6.81. The lowest BCUT2D eigenvalue weighted by molar-refractivity contribution is -0.137. The van der Waals surface area contributed by atoms with Crippen molar-refractivity contribution in [1.82, 2.24) is 15.5 Å². The van der Waals surface area contributed by atoms with E-state index in [2.05, 4.69) is 20.5 Å². The molecule has 0 unspecified atom stereocenters. The number of hydrogen-bond donors (Lipinski definition) is 3. The smallest absolute Gasteiger partial charge is 0.416 e. The van der Waals surface area contributed by atoms with Gasteiger partial charge in [-0.15, -0.1) is 0 Å². The summed E-state index contributed by atoms with van der Waals surface area (Å²) < 4.78 is 38.8. The van der Waals surface area contributed by atoms with E-state index in [-0.39, 0.29) is 11.8 Å². The lowest BCUT2D eigenvalue weighted by Crippen LogP contribution is -2.48. The summed E-state index contributed by atoms with van der Waals surface area (Å²) in [5, 5.41) is 16.1. The van der Waals surface area contributed by atoms with Crippen LogP contribution in [-0.2, 0) is 19.3 Å². The molecule has 3 N–H and O–H groups in total. The molecule has 1 fully saturated rings. The van der Waals surface area contributed by atoms with Crippen LogP contribution in [0.3, 0.4) is 0 Å². The molecular formula is C23H29F3N4O. The molecule has 3 rings (SSSR count). The predicted molar refractivity (Wildman–Crippen MR) is 116 cm³/mol. The highest BCUT2D eigenvalue weighted by Gasteiger charge is 2.30. The summed E-state index contributed by atoms with van der Waals surface area (Å²) in [6.07, 6.45) is -2.53. The van der Waals surface area contributed by atoms with Gasteiger partial charge in [0.25, 0.3) is 0 Å². The molecule has 0 aliphatic carbocycles. The molecule has 31 heavy (non-hydrogen) atoms. The second kappa shape index (κ2) is 10.5. The highest BCUT2D eigenvalue weighted by molar-refractivity contribution is 5.80. The summed E-state index contributed by atoms with van der Waals surface area (Å²) in [7, 11) is 0. The number of aromatic hydroxyl groups is 1. The minimum atomic E-state index is -4.31. The number of alkyl halides is 3. The highest BCUT2D eigenvalue weighted by atomic mass is 19.4. The second-order valence-corrected chi connectivity index (χ2v) is 7.75. The van der Waals surface area contributed by atoms with Gasteiger partial charge in [0.2, 0.25) is 0 Å². The third-order valence-corrected chi connectivity index (χ3v) is 5.29. The maximum atomic E-state index is 12.9. The van der Waals surface area contributed by atoms with E-state index >= 15 is 0 Å². The van der Waals surface area contributed by atoms with Crippen molar-refractivity contribution in [2.45, 2.75) is 45.1 Å². The molecule has 1 aliphatic rings. The third-order valence-electron chi connectivity index (χ3n) is 5.29. The summed E-state index contributed by atoms with van der Waals surface area (Å²) >= 11 is 0. The number of phenolic OH excluding ortho intramolecular Hbond substituents is 1. The van der Waals surface area contributed by atoms with Crippen LogP contribution in [-0.4, -0.2) is 41.6 Å². The molecule has 0 amide bonds. The Balaban J connectivity index is 1.51. The first-order valence-corrected chi connectivity index (χ1v) is 10.5. The summed E-state index contributed by atoms with van der Waals surface area (Å²) in [5.41, 5.74) is 1.10. The monoisotopic (exact) mass is 434 g/mol. The molecule has 1 aliphatic heterocycles. The van der Waals surface area contributed by atoms with Gasteiger partial charge in [-0.2, -0.15) is 13.2 Å². The van der Waals surface area contributed by atoms with Gasteiger partial charge in [-0.3, -0.25) is 4.90 Å². The van der Waals surface area contributed by atoms with Crippen LogP contribution in [0.5, 0.6) is 5.75 Å². The van der Waals surface area contributed by atoms with Crippen LogP contribution in [0.4, 0.5) is 13.2 Å². The number of likely N-dealkylation sites (tertiary alicyclic amines) is 1. The number of phenols is 1. The number of nitrogens with zero attached hydrogens (tertiary/aromatic N) is 2. The number of rotatable bonds is 6. The van der Waals surface area contributed by atoms with E-state index in [0.717, 1.165) is 50.1 Å². The molecule has 0 atom stereocenters. The number of benzene rings is 2. The first kappa shape index (κ1) is 22.9. The minimum absolute atomic E-state index is 0.231. The average Bonchev–Trinajstić information content (AvgIpc) is 2.74. The zero-order valence-corrected chi connectivity index (χ0v) is 17.6. The first-order valence-electron chi connectivity index (χ1n) is 10.5. The van der Waals surface area contributed by atoms with Gasteiger partial charge in [0.15, 0.2) is 5.96 Å². The predicted octanol–water partition coefficient (Wildman–Crippen LogP) is 4.13. The van der Waals surface area contributed by atoms with Crippen molar-refractivity contribution in [3.63, 3.8) is 0 Å². The molecule has 1 saturated heterocycles.